The van der Waals surface area contributed by atoms with Gasteiger partial charge in [0.1, 0.15) is 5.75 Å². The van der Waals surface area contributed by atoms with Gasteiger partial charge < -0.3 is 9.64 Å². The van der Waals surface area contributed by atoms with E-state index in [9.17, 15) is 0 Å². The lowest BCUT2D eigenvalue weighted by atomic mass is 10.1. The summed E-state index contributed by atoms with van der Waals surface area (Å²) in [4.78, 5) is 5.24. The Labute approximate surface area is 223 Å². The number of methoxy groups -OCH3 is 1. The summed E-state index contributed by atoms with van der Waals surface area (Å²) in [7, 11) is 1.09. The highest BCUT2D eigenvalue weighted by Crippen LogP contribution is 2.42. The second-order valence-electron chi connectivity index (χ2n) is 9.64. The number of rotatable bonds is 10. The van der Waals surface area contributed by atoms with Gasteiger partial charge in [-0.25, -0.2) is 0 Å². The topological polar surface area (TPSA) is 15.7 Å². The molecule has 0 bridgehead atoms. The maximum Gasteiger partial charge on any atom is 0.142 e. The molecule has 190 valence electrons. The van der Waals surface area contributed by atoms with E-state index in [-0.39, 0.29) is 0 Å². The maximum absolute atomic E-state index is 6.05. The fourth-order valence-corrected chi connectivity index (χ4v) is 7.97. The van der Waals surface area contributed by atoms with Crippen molar-refractivity contribution in [3.05, 3.63) is 115 Å². The monoisotopic (exact) mass is 508 g/mol. The first-order valence-electron chi connectivity index (χ1n) is 13.4. The van der Waals surface area contributed by atoms with Crippen molar-refractivity contribution < 1.29 is 4.74 Å². The van der Waals surface area contributed by atoms with Gasteiger partial charge in [0.15, 0.2) is 0 Å². The summed E-state index contributed by atoms with van der Waals surface area (Å²) in [6, 6.07) is 39.9. The molecule has 5 rings (SSSR count). The van der Waals surface area contributed by atoms with E-state index in [0.717, 1.165) is 31.9 Å². The molecule has 1 aliphatic rings. The van der Waals surface area contributed by atoms with Crippen molar-refractivity contribution in [2.24, 2.45) is 0 Å². The van der Waals surface area contributed by atoms with Crippen LogP contribution in [-0.4, -0.2) is 37.7 Å². The predicted molar refractivity (Wildman–Crippen MR) is 159 cm³/mol. The van der Waals surface area contributed by atoms with Crippen molar-refractivity contribution in [1.82, 2.24) is 4.90 Å². The molecule has 4 aromatic rings. The molecule has 0 unspecified atom stereocenters. The number of ether oxygens (including phenoxy) is 1. The minimum absolute atomic E-state index is 0.460. The van der Waals surface area contributed by atoms with Crippen LogP contribution in [-0.2, 0) is 6.54 Å². The Kier molecular flexibility index (Phi) is 8.56. The number of hydrogen-bond acceptors (Lipinski definition) is 3. The number of hydrogen-bond donors (Lipinski definition) is 0. The zero-order valence-corrected chi connectivity index (χ0v) is 22.9. The van der Waals surface area contributed by atoms with Gasteiger partial charge in [0.2, 0.25) is 0 Å². The van der Waals surface area contributed by atoms with Gasteiger partial charge in [-0.1, -0.05) is 110 Å². The number of likely N-dealkylation sites (N-methyl/N-ethyl adjacent to an activating group) is 1. The van der Waals surface area contributed by atoms with Crippen LogP contribution in [0.4, 0.5) is 5.69 Å². The van der Waals surface area contributed by atoms with Crippen LogP contribution in [0.2, 0.25) is 0 Å². The van der Waals surface area contributed by atoms with E-state index in [1.807, 2.05) is 7.11 Å². The second kappa shape index (κ2) is 12.4. The van der Waals surface area contributed by atoms with Crippen LogP contribution in [0.15, 0.2) is 109 Å². The van der Waals surface area contributed by atoms with Gasteiger partial charge in [-0.05, 0) is 49.5 Å². The molecule has 1 saturated heterocycles. The summed E-state index contributed by atoms with van der Waals surface area (Å²) in [5, 5.41) is 4.12. The van der Waals surface area contributed by atoms with Gasteiger partial charge in [0.25, 0.3) is 0 Å². The lowest BCUT2D eigenvalue weighted by Gasteiger charge is -2.35. The van der Waals surface area contributed by atoms with E-state index >= 15 is 0 Å². The van der Waals surface area contributed by atoms with Gasteiger partial charge in [0, 0.05) is 31.0 Å². The quantitative estimate of drug-likeness (QED) is 0.247. The Balaban J connectivity index is 1.53. The van der Waals surface area contributed by atoms with Crippen molar-refractivity contribution in [2.45, 2.75) is 32.4 Å². The molecule has 0 aliphatic carbocycles. The standard InChI is InChI=1S/C33H37N2OP/c1-3-34(25-27-15-7-4-8-16-27)26-28-17-14-24-35(28)33-31(36-2)22-13-23-32(33)37(29-18-9-5-10-19-29)30-20-11-6-12-21-30/h4-13,15-16,18-23,28H,3,14,17,24-26H2,1-2H3/t28-/m0/s1. The van der Waals surface area contributed by atoms with Crippen molar-refractivity contribution in [1.29, 1.82) is 0 Å². The summed E-state index contributed by atoms with van der Waals surface area (Å²) in [5.74, 6) is 0.981. The van der Waals surface area contributed by atoms with Crippen LogP contribution in [0, 0.1) is 0 Å². The van der Waals surface area contributed by atoms with Crippen molar-refractivity contribution in [3.8, 4) is 5.75 Å². The Morgan fingerprint density at radius 2 is 1.43 bits per heavy atom. The second-order valence-corrected chi connectivity index (χ2v) is 11.8. The highest BCUT2D eigenvalue weighted by atomic mass is 31.1. The van der Waals surface area contributed by atoms with Gasteiger partial charge in [0.05, 0.1) is 12.8 Å². The van der Waals surface area contributed by atoms with Crippen LogP contribution < -0.4 is 25.6 Å². The smallest absolute Gasteiger partial charge is 0.142 e. The minimum Gasteiger partial charge on any atom is -0.495 e. The molecule has 1 aliphatic heterocycles. The van der Waals surface area contributed by atoms with Gasteiger partial charge >= 0.3 is 0 Å². The fraction of sp³-hybridized carbons (Fsp3) is 0.273. The fourth-order valence-electron chi connectivity index (χ4n) is 5.49. The van der Waals surface area contributed by atoms with E-state index in [1.54, 1.807) is 0 Å². The lowest BCUT2D eigenvalue weighted by Crippen LogP contribution is -2.42. The molecule has 1 atom stereocenters. The summed E-state index contributed by atoms with van der Waals surface area (Å²) < 4.78 is 6.05. The van der Waals surface area contributed by atoms with E-state index in [0.29, 0.717) is 6.04 Å². The van der Waals surface area contributed by atoms with Crippen LogP contribution in [0.1, 0.15) is 25.3 Å². The largest absolute Gasteiger partial charge is 0.495 e. The predicted octanol–water partition coefficient (Wildman–Crippen LogP) is 5.94. The minimum atomic E-state index is -0.723. The lowest BCUT2D eigenvalue weighted by molar-refractivity contribution is 0.261. The van der Waals surface area contributed by atoms with Crippen LogP contribution in [0.5, 0.6) is 5.75 Å². The van der Waals surface area contributed by atoms with Crippen molar-refractivity contribution >= 4 is 29.5 Å². The Morgan fingerprint density at radius 3 is 2.03 bits per heavy atom. The first-order valence-corrected chi connectivity index (χ1v) is 14.7. The summed E-state index contributed by atoms with van der Waals surface area (Å²) in [5.41, 5.74) is 2.66. The Morgan fingerprint density at radius 1 is 0.811 bits per heavy atom. The summed E-state index contributed by atoms with van der Waals surface area (Å²) in [6.45, 7) is 6.42. The SMILES string of the molecule is CCN(Cc1ccccc1)C[C@@H]1CCCN1c1c(OC)cccc1P(c1ccccc1)c1ccccc1. The molecule has 4 aromatic carbocycles. The average Bonchev–Trinajstić information content (AvgIpc) is 3.42. The van der Waals surface area contributed by atoms with Crippen LogP contribution in [0.25, 0.3) is 0 Å². The third kappa shape index (κ3) is 5.90. The third-order valence-corrected chi connectivity index (χ3v) is 9.77. The molecule has 0 spiro atoms. The molecule has 37 heavy (non-hydrogen) atoms. The molecule has 0 radical (unpaired) electrons. The Bertz CT molecular complexity index is 1210. The molecular weight excluding hydrogens is 471 g/mol. The number of anilines is 1. The van der Waals surface area contributed by atoms with Crippen molar-refractivity contribution in [2.75, 3.05) is 31.6 Å². The maximum atomic E-state index is 6.05. The molecule has 0 aromatic heterocycles. The zero-order chi connectivity index (χ0) is 25.5. The van der Waals surface area contributed by atoms with Crippen molar-refractivity contribution in [3.63, 3.8) is 0 Å². The average molecular weight is 509 g/mol. The molecule has 0 amide bonds. The molecule has 0 saturated carbocycles. The summed E-state index contributed by atoms with van der Waals surface area (Å²) >= 11 is 0. The van der Waals surface area contributed by atoms with E-state index < -0.39 is 7.92 Å². The molecule has 3 nitrogen and oxygen atoms in total. The number of para-hydroxylation sites is 1. The first kappa shape index (κ1) is 25.5. The van der Waals surface area contributed by atoms with Gasteiger partial charge in [-0.15, -0.1) is 0 Å². The van der Waals surface area contributed by atoms with E-state index in [4.69, 9.17) is 4.74 Å². The Hall–Kier alpha value is -3.13. The van der Waals surface area contributed by atoms with Crippen LogP contribution in [0.3, 0.4) is 0 Å². The molecular formula is C33H37N2OP. The van der Waals surface area contributed by atoms with Crippen LogP contribution >= 0.6 is 7.92 Å². The molecule has 0 N–H and O–H groups in total. The third-order valence-electron chi connectivity index (χ3n) is 7.30. The summed E-state index contributed by atoms with van der Waals surface area (Å²) in [6.07, 6.45) is 2.41. The molecule has 1 heterocycles. The number of benzene rings is 4. The molecule has 1 fully saturated rings. The number of nitrogens with zero attached hydrogens (tertiary/aromatic N) is 2. The van der Waals surface area contributed by atoms with Gasteiger partial charge in [-0.3, -0.25) is 4.90 Å². The molecule has 4 heteroatoms. The van der Waals surface area contributed by atoms with E-state index in [1.165, 1.54) is 40.0 Å². The highest BCUT2D eigenvalue weighted by molar-refractivity contribution is 7.80. The normalized spacial score (nSPS) is 15.5. The zero-order valence-electron chi connectivity index (χ0n) is 22.0. The first-order chi connectivity index (χ1) is 18.3. The van der Waals surface area contributed by atoms with Gasteiger partial charge in [-0.2, -0.15) is 0 Å². The van der Waals surface area contributed by atoms with E-state index in [2.05, 4.69) is 126 Å². The highest BCUT2D eigenvalue weighted by Gasteiger charge is 2.32.